The van der Waals surface area contributed by atoms with Gasteiger partial charge in [0.2, 0.25) is 0 Å². The Balaban J connectivity index is 1.68. The van der Waals surface area contributed by atoms with Crippen molar-refractivity contribution in [2.24, 2.45) is 7.05 Å². The van der Waals surface area contributed by atoms with E-state index in [-0.39, 0.29) is 0 Å². The van der Waals surface area contributed by atoms with Crippen LogP contribution in [0.3, 0.4) is 0 Å². The topological polar surface area (TPSA) is 64.9 Å². The van der Waals surface area contributed by atoms with Crippen LogP contribution in [0.5, 0.6) is 5.75 Å². The fraction of sp³-hybridized carbons (Fsp3) is 0.312. The number of halogens is 1. The summed E-state index contributed by atoms with van der Waals surface area (Å²) in [7, 11) is 1.86. The summed E-state index contributed by atoms with van der Waals surface area (Å²) in [5.74, 6) is 2.19. The van der Waals surface area contributed by atoms with Gasteiger partial charge in [-0.05, 0) is 25.5 Å². The van der Waals surface area contributed by atoms with Gasteiger partial charge in [0.25, 0.3) is 0 Å². The van der Waals surface area contributed by atoms with Crippen molar-refractivity contribution in [2.75, 3.05) is 18.5 Å². The zero-order valence-corrected chi connectivity index (χ0v) is 14.1. The Morgan fingerprint density at radius 3 is 2.87 bits per heavy atom. The fourth-order valence-corrected chi connectivity index (χ4v) is 2.66. The normalized spacial score (nSPS) is 11.0. The van der Waals surface area contributed by atoms with Gasteiger partial charge in [-0.3, -0.25) is 4.68 Å². The first-order chi connectivity index (χ1) is 11.1. The molecule has 0 spiro atoms. The lowest BCUT2D eigenvalue weighted by atomic mass is 10.2. The molecule has 23 heavy (non-hydrogen) atoms. The van der Waals surface area contributed by atoms with Crippen LogP contribution in [0.1, 0.15) is 11.4 Å². The maximum atomic E-state index is 6.15. The molecule has 0 unspecified atom stereocenters. The van der Waals surface area contributed by atoms with Crippen molar-refractivity contribution in [1.82, 2.24) is 19.7 Å². The zero-order chi connectivity index (χ0) is 16.4. The number of aryl methyl sites for hydroxylation is 3. The monoisotopic (exact) mass is 331 g/mol. The summed E-state index contributed by atoms with van der Waals surface area (Å²) in [5.41, 5.74) is 1.83. The van der Waals surface area contributed by atoms with Gasteiger partial charge in [0.1, 0.15) is 24.0 Å². The van der Waals surface area contributed by atoms with Gasteiger partial charge in [0.15, 0.2) is 5.65 Å². The van der Waals surface area contributed by atoms with Crippen LogP contribution in [0.2, 0.25) is 5.02 Å². The molecular formula is C16H18ClN5O. The molecule has 7 heteroatoms. The first-order valence-corrected chi connectivity index (χ1v) is 7.72. The molecule has 3 aromatic rings. The van der Waals surface area contributed by atoms with Gasteiger partial charge in [-0.15, -0.1) is 0 Å². The van der Waals surface area contributed by atoms with Gasteiger partial charge in [-0.2, -0.15) is 5.10 Å². The summed E-state index contributed by atoms with van der Waals surface area (Å²) in [6.45, 7) is 4.92. The number of nitrogens with zero attached hydrogens (tertiary/aromatic N) is 4. The Morgan fingerprint density at radius 2 is 2.09 bits per heavy atom. The third kappa shape index (κ3) is 3.22. The van der Waals surface area contributed by atoms with Crippen LogP contribution in [0.15, 0.2) is 24.4 Å². The average Bonchev–Trinajstić information content (AvgIpc) is 2.87. The van der Waals surface area contributed by atoms with Gasteiger partial charge in [0, 0.05) is 7.05 Å². The van der Waals surface area contributed by atoms with E-state index in [4.69, 9.17) is 16.3 Å². The maximum Gasteiger partial charge on any atom is 0.163 e. The Kier molecular flexibility index (Phi) is 4.34. The van der Waals surface area contributed by atoms with Gasteiger partial charge in [-0.1, -0.05) is 23.7 Å². The molecule has 0 radical (unpaired) electrons. The predicted molar refractivity (Wildman–Crippen MR) is 91.2 cm³/mol. The highest BCUT2D eigenvalue weighted by Crippen LogP contribution is 2.27. The molecule has 0 fully saturated rings. The minimum absolute atomic E-state index is 0.482. The van der Waals surface area contributed by atoms with Gasteiger partial charge in [0.05, 0.1) is 23.2 Å². The molecule has 0 aliphatic heterocycles. The highest BCUT2D eigenvalue weighted by Gasteiger charge is 2.10. The minimum atomic E-state index is 0.482. The largest absolute Gasteiger partial charge is 0.490 e. The lowest BCUT2D eigenvalue weighted by Gasteiger charge is -2.12. The quantitative estimate of drug-likeness (QED) is 0.728. The summed E-state index contributed by atoms with van der Waals surface area (Å²) in [6.07, 6.45) is 1.76. The first kappa shape index (κ1) is 15.6. The molecule has 1 aromatic carbocycles. The van der Waals surface area contributed by atoms with E-state index in [9.17, 15) is 0 Å². The van der Waals surface area contributed by atoms with E-state index in [0.717, 1.165) is 28.2 Å². The SMILES string of the molecule is Cc1nc(NCCOc2c(C)cccc2Cl)c2cnn(C)c2n1. The van der Waals surface area contributed by atoms with Crippen molar-refractivity contribution < 1.29 is 4.74 Å². The lowest BCUT2D eigenvalue weighted by Crippen LogP contribution is -2.13. The number of nitrogens with one attached hydrogen (secondary N) is 1. The molecule has 0 aliphatic carbocycles. The van der Waals surface area contributed by atoms with E-state index in [1.54, 1.807) is 10.9 Å². The summed E-state index contributed by atoms with van der Waals surface area (Å²) < 4.78 is 7.51. The van der Waals surface area contributed by atoms with Crippen LogP contribution in [0.4, 0.5) is 5.82 Å². The van der Waals surface area contributed by atoms with Crippen molar-refractivity contribution in [3.05, 3.63) is 40.8 Å². The second-order valence-corrected chi connectivity index (χ2v) is 5.69. The van der Waals surface area contributed by atoms with Gasteiger partial charge < -0.3 is 10.1 Å². The Hall–Kier alpha value is -2.34. The van der Waals surface area contributed by atoms with Crippen molar-refractivity contribution in [1.29, 1.82) is 0 Å². The number of benzene rings is 1. The number of para-hydroxylation sites is 1. The molecule has 0 aliphatic rings. The highest BCUT2D eigenvalue weighted by atomic mass is 35.5. The number of rotatable bonds is 5. The van der Waals surface area contributed by atoms with Crippen molar-refractivity contribution >= 4 is 28.5 Å². The predicted octanol–water partition coefficient (Wildman–Crippen LogP) is 3.12. The van der Waals surface area contributed by atoms with E-state index in [0.29, 0.717) is 24.0 Å². The molecule has 2 heterocycles. The first-order valence-electron chi connectivity index (χ1n) is 7.34. The van der Waals surface area contributed by atoms with Crippen LogP contribution in [0, 0.1) is 13.8 Å². The molecular weight excluding hydrogens is 314 g/mol. The molecule has 6 nitrogen and oxygen atoms in total. The minimum Gasteiger partial charge on any atom is -0.490 e. The molecule has 2 aromatic heterocycles. The zero-order valence-electron chi connectivity index (χ0n) is 13.3. The average molecular weight is 332 g/mol. The summed E-state index contributed by atoms with van der Waals surface area (Å²) >= 11 is 6.15. The van der Waals surface area contributed by atoms with Crippen molar-refractivity contribution in [2.45, 2.75) is 13.8 Å². The smallest absolute Gasteiger partial charge is 0.163 e. The number of hydrogen-bond donors (Lipinski definition) is 1. The molecule has 0 saturated heterocycles. The number of aromatic nitrogens is 4. The van der Waals surface area contributed by atoms with Gasteiger partial charge >= 0.3 is 0 Å². The summed E-state index contributed by atoms with van der Waals surface area (Å²) in [5, 5.41) is 9.02. The van der Waals surface area contributed by atoms with Crippen LogP contribution in [-0.2, 0) is 7.05 Å². The number of hydrogen-bond acceptors (Lipinski definition) is 5. The van der Waals surface area contributed by atoms with E-state index in [2.05, 4.69) is 20.4 Å². The second-order valence-electron chi connectivity index (χ2n) is 5.29. The number of anilines is 1. The fourth-order valence-electron chi connectivity index (χ4n) is 2.39. The number of ether oxygens (including phenoxy) is 1. The summed E-state index contributed by atoms with van der Waals surface area (Å²) in [6, 6.07) is 5.71. The van der Waals surface area contributed by atoms with Crippen LogP contribution < -0.4 is 10.1 Å². The van der Waals surface area contributed by atoms with E-state index >= 15 is 0 Å². The van der Waals surface area contributed by atoms with E-state index in [1.807, 2.05) is 39.1 Å². The third-order valence-electron chi connectivity index (χ3n) is 3.51. The maximum absolute atomic E-state index is 6.15. The lowest BCUT2D eigenvalue weighted by molar-refractivity contribution is 0.330. The Bertz CT molecular complexity index is 826. The molecule has 3 rings (SSSR count). The molecule has 120 valence electrons. The Morgan fingerprint density at radius 1 is 1.26 bits per heavy atom. The van der Waals surface area contributed by atoms with E-state index in [1.165, 1.54) is 0 Å². The molecule has 1 N–H and O–H groups in total. The van der Waals surface area contributed by atoms with Crippen LogP contribution in [-0.4, -0.2) is 32.9 Å². The summed E-state index contributed by atoms with van der Waals surface area (Å²) in [4.78, 5) is 8.83. The van der Waals surface area contributed by atoms with Crippen LogP contribution >= 0.6 is 11.6 Å². The number of fused-ring (bicyclic) bond motifs is 1. The Labute approximate surface area is 139 Å². The molecule has 0 saturated carbocycles. The second kappa shape index (κ2) is 6.42. The molecule has 0 bridgehead atoms. The van der Waals surface area contributed by atoms with Crippen molar-refractivity contribution in [3.8, 4) is 5.75 Å². The van der Waals surface area contributed by atoms with E-state index < -0.39 is 0 Å². The highest BCUT2D eigenvalue weighted by molar-refractivity contribution is 6.32. The molecule has 0 atom stereocenters. The van der Waals surface area contributed by atoms with Crippen molar-refractivity contribution in [3.63, 3.8) is 0 Å². The third-order valence-corrected chi connectivity index (χ3v) is 3.81. The van der Waals surface area contributed by atoms with Crippen LogP contribution in [0.25, 0.3) is 11.0 Å². The van der Waals surface area contributed by atoms with Gasteiger partial charge in [-0.25, -0.2) is 9.97 Å². The standard InChI is InChI=1S/C16H18ClN5O/c1-10-5-4-6-13(17)14(10)23-8-7-18-15-12-9-19-22(3)16(12)21-11(2)20-15/h4-6,9H,7-8H2,1-3H3,(H,18,20,21). The molecule has 0 amide bonds.